The lowest BCUT2D eigenvalue weighted by Crippen LogP contribution is -1.97. The third-order valence-corrected chi connectivity index (χ3v) is 2.93. The molecule has 1 aromatic heterocycles. The molecule has 6 heteroatoms. The third kappa shape index (κ3) is 2.42. The fraction of sp³-hybridized carbons (Fsp3) is 0.231. The van der Waals surface area contributed by atoms with E-state index in [4.69, 9.17) is 25.6 Å². The molecule has 0 aliphatic carbocycles. The van der Waals surface area contributed by atoms with Crippen LogP contribution in [0.5, 0.6) is 11.5 Å². The molecule has 0 N–H and O–H groups in total. The lowest BCUT2D eigenvalue weighted by Gasteiger charge is -2.07. The van der Waals surface area contributed by atoms with Crippen LogP contribution in [0.25, 0.3) is 11.3 Å². The van der Waals surface area contributed by atoms with Crippen LogP contribution in [0.3, 0.4) is 0 Å². The normalized spacial score (nSPS) is 13.9. The monoisotopic (exact) mass is 279 g/mol. The van der Waals surface area contributed by atoms with Gasteiger partial charge < -0.3 is 14.0 Å². The van der Waals surface area contributed by atoms with E-state index in [1.807, 2.05) is 12.1 Å². The van der Waals surface area contributed by atoms with E-state index >= 15 is 0 Å². The van der Waals surface area contributed by atoms with E-state index < -0.39 is 5.24 Å². The molecule has 0 saturated heterocycles. The zero-order chi connectivity index (χ0) is 13.2. The van der Waals surface area contributed by atoms with Crippen molar-refractivity contribution >= 4 is 16.8 Å². The summed E-state index contributed by atoms with van der Waals surface area (Å²) in [5.41, 5.74) is 1.30. The van der Waals surface area contributed by atoms with Gasteiger partial charge in [-0.25, -0.2) is 0 Å². The van der Waals surface area contributed by atoms with E-state index in [2.05, 4.69) is 5.16 Å². The molecule has 19 heavy (non-hydrogen) atoms. The second-order valence-electron chi connectivity index (χ2n) is 4.06. The highest BCUT2D eigenvalue weighted by molar-refractivity contribution is 6.67. The predicted octanol–water partition coefficient (Wildman–Crippen LogP) is 2.88. The summed E-state index contributed by atoms with van der Waals surface area (Å²) in [6, 6.07) is 6.94. The van der Waals surface area contributed by atoms with Crippen LogP contribution in [-0.4, -0.2) is 23.6 Å². The molecule has 2 aromatic rings. The number of ether oxygens (including phenoxy) is 2. The number of carbonyl (C=O) groups excluding carboxylic acids is 1. The quantitative estimate of drug-likeness (QED) is 0.791. The summed E-state index contributed by atoms with van der Waals surface area (Å²) >= 11 is 5.32. The SMILES string of the molecule is O=C(Cl)c1cc(-c2ccc3c(c2)OCCCO3)no1. The first-order valence-corrected chi connectivity index (χ1v) is 6.18. The zero-order valence-corrected chi connectivity index (χ0v) is 10.6. The van der Waals surface area contributed by atoms with Crippen LogP contribution < -0.4 is 9.47 Å². The summed E-state index contributed by atoms with van der Waals surface area (Å²) in [4.78, 5) is 11.0. The first kappa shape index (κ1) is 12.0. The molecular formula is C13H10ClNO4. The molecule has 0 bridgehead atoms. The lowest BCUT2D eigenvalue weighted by atomic mass is 10.1. The summed E-state index contributed by atoms with van der Waals surface area (Å²) in [6.07, 6.45) is 0.846. The van der Waals surface area contributed by atoms with E-state index in [-0.39, 0.29) is 5.76 Å². The number of carbonyl (C=O) groups is 1. The molecule has 0 fully saturated rings. The Balaban J connectivity index is 1.96. The maximum Gasteiger partial charge on any atom is 0.290 e. The van der Waals surface area contributed by atoms with Crippen molar-refractivity contribution in [1.82, 2.24) is 5.16 Å². The number of nitrogens with zero attached hydrogens (tertiary/aromatic N) is 1. The van der Waals surface area contributed by atoms with Crippen molar-refractivity contribution in [3.63, 3.8) is 0 Å². The lowest BCUT2D eigenvalue weighted by molar-refractivity contribution is 0.104. The average molecular weight is 280 g/mol. The van der Waals surface area contributed by atoms with Crippen LogP contribution in [-0.2, 0) is 0 Å². The Labute approximate surface area is 114 Å². The van der Waals surface area contributed by atoms with Crippen LogP contribution in [0.15, 0.2) is 28.8 Å². The molecule has 0 saturated carbocycles. The fourth-order valence-electron chi connectivity index (χ4n) is 1.83. The number of halogens is 1. The van der Waals surface area contributed by atoms with Crippen molar-refractivity contribution in [1.29, 1.82) is 0 Å². The Morgan fingerprint density at radius 3 is 2.68 bits per heavy atom. The van der Waals surface area contributed by atoms with Gasteiger partial charge >= 0.3 is 0 Å². The van der Waals surface area contributed by atoms with E-state index in [0.29, 0.717) is 30.4 Å². The second kappa shape index (κ2) is 4.93. The van der Waals surface area contributed by atoms with Gasteiger partial charge in [-0.15, -0.1) is 0 Å². The minimum Gasteiger partial charge on any atom is -0.490 e. The van der Waals surface area contributed by atoms with E-state index in [9.17, 15) is 4.79 Å². The van der Waals surface area contributed by atoms with Crippen LogP contribution in [0.1, 0.15) is 17.0 Å². The molecule has 1 aliphatic rings. The molecule has 5 nitrogen and oxygen atoms in total. The minimum absolute atomic E-state index is 0.0174. The molecular weight excluding hydrogens is 270 g/mol. The Kier molecular flexibility index (Phi) is 3.13. The number of hydrogen-bond donors (Lipinski definition) is 0. The number of fused-ring (bicyclic) bond motifs is 1. The van der Waals surface area contributed by atoms with Crippen LogP contribution >= 0.6 is 11.6 Å². The van der Waals surface area contributed by atoms with Gasteiger partial charge in [-0.1, -0.05) is 5.16 Å². The van der Waals surface area contributed by atoms with Gasteiger partial charge in [0.25, 0.3) is 5.24 Å². The van der Waals surface area contributed by atoms with Gasteiger partial charge in [0.05, 0.1) is 13.2 Å². The van der Waals surface area contributed by atoms with Crippen LogP contribution in [0, 0.1) is 0 Å². The van der Waals surface area contributed by atoms with E-state index in [1.165, 1.54) is 6.07 Å². The Bertz CT molecular complexity index is 623. The molecule has 0 unspecified atom stereocenters. The van der Waals surface area contributed by atoms with Crippen molar-refractivity contribution in [2.75, 3.05) is 13.2 Å². The molecule has 1 aromatic carbocycles. The standard InChI is InChI=1S/C13H10ClNO4/c14-13(16)12-7-9(15-19-12)8-2-3-10-11(6-8)18-5-1-4-17-10/h2-3,6-7H,1,4-5H2. The van der Waals surface area contributed by atoms with E-state index in [1.54, 1.807) is 6.07 Å². The van der Waals surface area contributed by atoms with Gasteiger partial charge in [0.2, 0.25) is 5.76 Å². The van der Waals surface area contributed by atoms with Crippen molar-refractivity contribution in [3.8, 4) is 22.8 Å². The average Bonchev–Trinajstić information content (AvgIpc) is 2.78. The predicted molar refractivity (Wildman–Crippen MR) is 67.7 cm³/mol. The highest BCUT2D eigenvalue weighted by Crippen LogP contribution is 2.34. The number of aromatic nitrogens is 1. The van der Waals surface area contributed by atoms with Crippen molar-refractivity contribution < 1.29 is 18.8 Å². The molecule has 0 radical (unpaired) electrons. The summed E-state index contributed by atoms with van der Waals surface area (Å²) in [7, 11) is 0. The largest absolute Gasteiger partial charge is 0.490 e. The Morgan fingerprint density at radius 1 is 1.16 bits per heavy atom. The number of rotatable bonds is 2. The minimum atomic E-state index is -0.673. The molecule has 0 spiro atoms. The summed E-state index contributed by atoms with van der Waals surface area (Å²) in [5, 5.41) is 3.13. The Morgan fingerprint density at radius 2 is 1.95 bits per heavy atom. The van der Waals surface area contributed by atoms with Crippen molar-refractivity contribution in [3.05, 3.63) is 30.0 Å². The maximum absolute atomic E-state index is 11.0. The molecule has 98 valence electrons. The maximum atomic E-state index is 11.0. The van der Waals surface area contributed by atoms with Gasteiger partial charge in [0, 0.05) is 18.1 Å². The molecule has 1 aliphatic heterocycles. The highest BCUT2D eigenvalue weighted by atomic mass is 35.5. The van der Waals surface area contributed by atoms with E-state index in [0.717, 1.165) is 12.0 Å². The van der Waals surface area contributed by atoms with Gasteiger partial charge in [-0.2, -0.15) is 0 Å². The summed E-state index contributed by atoms with van der Waals surface area (Å²) in [5.74, 6) is 1.39. The Hall–Kier alpha value is -2.01. The van der Waals surface area contributed by atoms with Crippen LogP contribution in [0.2, 0.25) is 0 Å². The zero-order valence-electron chi connectivity index (χ0n) is 9.89. The van der Waals surface area contributed by atoms with Crippen molar-refractivity contribution in [2.45, 2.75) is 6.42 Å². The number of benzene rings is 1. The van der Waals surface area contributed by atoms with Crippen LogP contribution in [0.4, 0.5) is 0 Å². The van der Waals surface area contributed by atoms with Gasteiger partial charge in [0.1, 0.15) is 5.69 Å². The highest BCUT2D eigenvalue weighted by Gasteiger charge is 2.15. The first-order valence-electron chi connectivity index (χ1n) is 5.80. The van der Waals surface area contributed by atoms with Gasteiger partial charge in [-0.3, -0.25) is 4.79 Å². The van der Waals surface area contributed by atoms with Gasteiger partial charge in [0.15, 0.2) is 11.5 Å². The number of hydrogen-bond acceptors (Lipinski definition) is 5. The van der Waals surface area contributed by atoms with Crippen molar-refractivity contribution in [2.24, 2.45) is 0 Å². The molecule has 2 heterocycles. The third-order valence-electron chi connectivity index (χ3n) is 2.75. The topological polar surface area (TPSA) is 61.6 Å². The molecule has 0 amide bonds. The smallest absolute Gasteiger partial charge is 0.290 e. The first-order chi connectivity index (χ1) is 9.24. The van der Waals surface area contributed by atoms with Gasteiger partial charge in [-0.05, 0) is 29.8 Å². The second-order valence-corrected chi connectivity index (χ2v) is 4.41. The molecule has 3 rings (SSSR count). The summed E-state index contributed by atoms with van der Waals surface area (Å²) in [6.45, 7) is 1.25. The summed E-state index contributed by atoms with van der Waals surface area (Å²) < 4.78 is 16.0. The fourth-order valence-corrected chi connectivity index (χ4v) is 1.92. The molecule has 0 atom stereocenters.